The van der Waals surface area contributed by atoms with Gasteiger partial charge in [-0.05, 0) is 37.1 Å². The first-order valence-electron chi connectivity index (χ1n) is 6.77. The maximum Gasteiger partial charge on any atom is 0.224 e. The number of amides is 1. The first-order chi connectivity index (χ1) is 9.06. The number of hydrogen-bond acceptors (Lipinski definition) is 2. The first-order valence-corrected chi connectivity index (χ1v) is 6.77. The largest absolute Gasteiger partial charge is 0.355 e. The summed E-state index contributed by atoms with van der Waals surface area (Å²) in [7, 11) is 2.04. The molecule has 1 aliphatic rings. The maximum absolute atomic E-state index is 12.7. The molecule has 0 bridgehead atoms. The van der Waals surface area contributed by atoms with E-state index in [-0.39, 0.29) is 17.6 Å². The summed E-state index contributed by atoms with van der Waals surface area (Å²) >= 11 is 0. The van der Waals surface area contributed by atoms with Crippen LogP contribution >= 0.6 is 0 Å². The molecule has 0 radical (unpaired) electrons. The lowest BCUT2D eigenvalue weighted by Crippen LogP contribution is -2.35. The van der Waals surface area contributed by atoms with E-state index in [1.54, 1.807) is 12.1 Å². The van der Waals surface area contributed by atoms with E-state index in [1.807, 2.05) is 7.05 Å². The van der Waals surface area contributed by atoms with Crippen LogP contribution < -0.4 is 5.32 Å². The molecule has 1 aliphatic heterocycles. The maximum atomic E-state index is 12.7. The number of benzene rings is 1. The fourth-order valence-electron chi connectivity index (χ4n) is 2.66. The smallest absolute Gasteiger partial charge is 0.224 e. The van der Waals surface area contributed by atoms with Gasteiger partial charge in [0.05, 0.1) is 5.92 Å². The van der Waals surface area contributed by atoms with Crippen molar-refractivity contribution >= 4 is 5.91 Å². The molecule has 1 amide bonds. The molecule has 1 N–H and O–H groups in total. The average molecular weight is 264 g/mol. The summed E-state index contributed by atoms with van der Waals surface area (Å²) in [5.74, 6) is 0.420. The minimum atomic E-state index is -0.226. The number of rotatable bonds is 4. The van der Waals surface area contributed by atoms with Gasteiger partial charge < -0.3 is 10.2 Å². The van der Waals surface area contributed by atoms with E-state index >= 15 is 0 Å². The highest BCUT2D eigenvalue weighted by Gasteiger charge is 2.32. The van der Waals surface area contributed by atoms with E-state index in [9.17, 15) is 9.18 Å². The zero-order valence-electron chi connectivity index (χ0n) is 11.5. The second-order valence-electron chi connectivity index (χ2n) is 5.47. The van der Waals surface area contributed by atoms with Crippen LogP contribution in [0.25, 0.3) is 0 Å². The van der Waals surface area contributed by atoms with Crippen molar-refractivity contribution in [2.75, 3.05) is 26.7 Å². The molecule has 1 heterocycles. The second kappa shape index (κ2) is 6.15. The molecule has 1 saturated heterocycles. The van der Waals surface area contributed by atoms with Crippen molar-refractivity contribution in [3.8, 4) is 0 Å². The number of likely N-dealkylation sites (tertiary alicyclic amines) is 1. The van der Waals surface area contributed by atoms with Crippen molar-refractivity contribution in [3.05, 3.63) is 35.6 Å². The predicted molar refractivity (Wildman–Crippen MR) is 73.3 cm³/mol. The molecular weight excluding hydrogens is 243 g/mol. The van der Waals surface area contributed by atoms with Crippen molar-refractivity contribution in [3.63, 3.8) is 0 Å². The van der Waals surface area contributed by atoms with Crippen LogP contribution in [0.2, 0.25) is 0 Å². The van der Waals surface area contributed by atoms with Gasteiger partial charge in [-0.2, -0.15) is 0 Å². The third-order valence-corrected chi connectivity index (χ3v) is 3.76. The van der Waals surface area contributed by atoms with Crippen molar-refractivity contribution < 1.29 is 9.18 Å². The molecule has 19 heavy (non-hydrogen) atoms. The zero-order valence-corrected chi connectivity index (χ0v) is 11.5. The zero-order chi connectivity index (χ0) is 13.8. The van der Waals surface area contributed by atoms with E-state index < -0.39 is 0 Å². The molecule has 1 aromatic carbocycles. The normalized spacial score (nSPS) is 23.5. The Balaban J connectivity index is 1.76. The van der Waals surface area contributed by atoms with E-state index in [1.165, 1.54) is 12.1 Å². The minimum absolute atomic E-state index is 0.0956. The summed E-state index contributed by atoms with van der Waals surface area (Å²) in [4.78, 5) is 14.2. The predicted octanol–water partition coefficient (Wildman–Crippen LogP) is 1.68. The van der Waals surface area contributed by atoms with Gasteiger partial charge in [-0.15, -0.1) is 0 Å². The quantitative estimate of drug-likeness (QED) is 0.897. The first kappa shape index (κ1) is 14.0. The lowest BCUT2D eigenvalue weighted by atomic mass is 9.97. The molecule has 1 fully saturated rings. The second-order valence-corrected chi connectivity index (χ2v) is 5.47. The summed E-state index contributed by atoms with van der Waals surface area (Å²) < 4.78 is 12.7. The lowest BCUT2D eigenvalue weighted by molar-refractivity contribution is -0.125. The monoisotopic (exact) mass is 264 g/mol. The Morgan fingerprint density at radius 2 is 2.05 bits per heavy atom. The molecule has 2 atom stereocenters. The highest BCUT2D eigenvalue weighted by atomic mass is 19.1. The molecule has 0 aliphatic carbocycles. The lowest BCUT2D eigenvalue weighted by Gasteiger charge is -2.14. The molecule has 1 aromatic rings. The Morgan fingerprint density at radius 1 is 1.37 bits per heavy atom. The Kier molecular flexibility index (Phi) is 4.53. The number of hydrogen-bond donors (Lipinski definition) is 1. The summed E-state index contributed by atoms with van der Waals surface area (Å²) in [5.41, 5.74) is 1.04. The van der Waals surface area contributed by atoms with Gasteiger partial charge in [0.15, 0.2) is 0 Å². The van der Waals surface area contributed by atoms with Crippen LogP contribution in [0.1, 0.15) is 12.5 Å². The Labute approximate surface area is 113 Å². The van der Waals surface area contributed by atoms with Crippen molar-refractivity contribution in [1.29, 1.82) is 0 Å². The molecule has 0 spiro atoms. The van der Waals surface area contributed by atoms with E-state index in [2.05, 4.69) is 17.1 Å². The minimum Gasteiger partial charge on any atom is -0.355 e. The summed E-state index contributed by atoms with van der Waals surface area (Å²) in [6.07, 6.45) is 0.739. The van der Waals surface area contributed by atoms with Gasteiger partial charge in [-0.3, -0.25) is 4.79 Å². The van der Waals surface area contributed by atoms with Crippen LogP contribution in [-0.4, -0.2) is 37.5 Å². The highest BCUT2D eigenvalue weighted by Crippen LogP contribution is 2.21. The van der Waals surface area contributed by atoms with Crippen LogP contribution in [0.5, 0.6) is 0 Å². The standard InChI is InChI=1S/C15H21FN2O/c1-11-9-18(2)10-14(11)15(19)17-8-7-12-3-5-13(16)6-4-12/h3-6,11,14H,7-10H2,1-2H3,(H,17,19). The third-order valence-electron chi connectivity index (χ3n) is 3.76. The Morgan fingerprint density at radius 3 is 2.63 bits per heavy atom. The molecule has 4 heteroatoms. The van der Waals surface area contributed by atoms with Gasteiger partial charge in [0, 0.05) is 19.6 Å². The molecule has 2 rings (SSSR count). The van der Waals surface area contributed by atoms with Gasteiger partial charge in [-0.1, -0.05) is 19.1 Å². The Bertz CT molecular complexity index is 432. The molecule has 2 unspecified atom stereocenters. The van der Waals surface area contributed by atoms with E-state index in [0.29, 0.717) is 12.5 Å². The van der Waals surface area contributed by atoms with Crippen LogP contribution in [0.4, 0.5) is 4.39 Å². The SMILES string of the molecule is CC1CN(C)CC1C(=O)NCCc1ccc(F)cc1. The third kappa shape index (κ3) is 3.77. The summed E-state index contributed by atoms with van der Waals surface area (Å²) in [5, 5.41) is 2.98. The number of carbonyl (C=O) groups excluding carboxylic acids is 1. The van der Waals surface area contributed by atoms with Gasteiger partial charge in [-0.25, -0.2) is 4.39 Å². The fraction of sp³-hybridized carbons (Fsp3) is 0.533. The molecule has 0 aromatic heterocycles. The molecule has 0 saturated carbocycles. The van der Waals surface area contributed by atoms with Crippen molar-refractivity contribution in [2.45, 2.75) is 13.3 Å². The number of nitrogens with zero attached hydrogens (tertiary/aromatic N) is 1. The van der Waals surface area contributed by atoms with Crippen molar-refractivity contribution in [1.82, 2.24) is 10.2 Å². The van der Waals surface area contributed by atoms with Gasteiger partial charge in [0.2, 0.25) is 5.91 Å². The van der Waals surface area contributed by atoms with Gasteiger partial charge in [0.25, 0.3) is 0 Å². The van der Waals surface area contributed by atoms with Crippen LogP contribution in [0.3, 0.4) is 0 Å². The van der Waals surface area contributed by atoms with Gasteiger partial charge in [0.1, 0.15) is 5.82 Å². The van der Waals surface area contributed by atoms with Crippen LogP contribution in [-0.2, 0) is 11.2 Å². The van der Waals surface area contributed by atoms with Crippen LogP contribution in [0, 0.1) is 17.7 Å². The fourth-order valence-corrected chi connectivity index (χ4v) is 2.66. The average Bonchev–Trinajstić information content (AvgIpc) is 2.71. The van der Waals surface area contributed by atoms with Crippen molar-refractivity contribution in [2.24, 2.45) is 11.8 Å². The molecular formula is C15H21FN2O. The van der Waals surface area contributed by atoms with E-state index in [4.69, 9.17) is 0 Å². The number of carbonyl (C=O) groups is 1. The summed E-state index contributed by atoms with van der Waals surface area (Å²) in [6.45, 7) is 4.55. The number of nitrogens with one attached hydrogen (secondary N) is 1. The van der Waals surface area contributed by atoms with Crippen LogP contribution in [0.15, 0.2) is 24.3 Å². The number of halogens is 1. The van der Waals surface area contributed by atoms with E-state index in [0.717, 1.165) is 25.1 Å². The van der Waals surface area contributed by atoms with Gasteiger partial charge >= 0.3 is 0 Å². The molecule has 3 nitrogen and oxygen atoms in total. The topological polar surface area (TPSA) is 32.3 Å². The summed E-state index contributed by atoms with van der Waals surface area (Å²) in [6, 6.07) is 6.41. The Hall–Kier alpha value is -1.42. The molecule has 104 valence electrons. The highest BCUT2D eigenvalue weighted by molar-refractivity contribution is 5.79.